The van der Waals surface area contributed by atoms with Crippen molar-refractivity contribution in [2.75, 3.05) is 13.2 Å². The molecule has 0 aromatic heterocycles. The summed E-state index contributed by atoms with van der Waals surface area (Å²) >= 11 is 3.23. The van der Waals surface area contributed by atoms with Gasteiger partial charge in [0.2, 0.25) is 0 Å². The summed E-state index contributed by atoms with van der Waals surface area (Å²) in [6, 6.07) is 0. The van der Waals surface area contributed by atoms with E-state index < -0.39 is 18.9 Å². The standard InChI is InChI=1S/C10H14BrF3O3/c1-2-16-9(15)6-3-7(11)8(4-6)17-5-10(12,13)14/h6-8H,2-5H2,1H3. The van der Waals surface area contributed by atoms with Crippen LogP contribution in [0.3, 0.4) is 0 Å². The van der Waals surface area contributed by atoms with Crippen LogP contribution < -0.4 is 0 Å². The molecule has 0 aromatic carbocycles. The maximum absolute atomic E-state index is 12.0. The molecule has 3 nitrogen and oxygen atoms in total. The number of ether oxygens (including phenoxy) is 2. The molecule has 0 spiro atoms. The second-order valence-corrected chi connectivity index (χ2v) is 5.08. The van der Waals surface area contributed by atoms with Crippen LogP contribution in [0.4, 0.5) is 13.2 Å². The second-order valence-electron chi connectivity index (χ2n) is 3.90. The molecule has 0 N–H and O–H groups in total. The van der Waals surface area contributed by atoms with Gasteiger partial charge in [0.1, 0.15) is 6.61 Å². The molecule has 0 aliphatic heterocycles. The lowest BCUT2D eigenvalue weighted by Gasteiger charge is -2.16. The Morgan fingerprint density at radius 3 is 2.59 bits per heavy atom. The van der Waals surface area contributed by atoms with Gasteiger partial charge < -0.3 is 9.47 Å². The molecule has 7 heteroatoms. The molecule has 1 rings (SSSR count). The smallest absolute Gasteiger partial charge is 0.411 e. The van der Waals surface area contributed by atoms with Gasteiger partial charge in [-0.25, -0.2) is 0 Å². The van der Waals surface area contributed by atoms with Crippen molar-refractivity contribution in [2.24, 2.45) is 5.92 Å². The predicted molar refractivity (Wildman–Crippen MR) is 57.9 cm³/mol. The zero-order valence-corrected chi connectivity index (χ0v) is 10.9. The summed E-state index contributed by atoms with van der Waals surface area (Å²) in [5.74, 6) is -0.743. The van der Waals surface area contributed by atoms with E-state index in [1.54, 1.807) is 6.92 Å². The Labute approximate surface area is 106 Å². The van der Waals surface area contributed by atoms with Gasteiger partial charge in [-0.05, 0) is 19.8 Å². The van der Waals surface area contributed by atoms with Crippen LogP contribution in [0.5, 0.6) is 0 Å². The average Bonchev–Trinajstić information content (AvgIpc) is 2.56. The lowest BCUT2D eigenvalue weighted by molar-refractivity contribution is -0.184. The molecule has 100 valence electrons. The first kappa shape index (κ1) is 14.8. The highest BCUT2D eigenvalue weighted by Crippen LogP contribution is 2.35. The molecule has 0 bridgehead atoms. The fraction of sp³-hybridized carbons (Fsp3) is 0.900. The van der Waals surface area contributed by atoms with Gasteiger partial charge in [0.15, 0.2) is 0 Å². The highest BCUT2D eigenvalue weighted by Gasteiger charge is 2.40. The lowest BCUT2D eigenvalue weighted by atomic mass is 10.1. The van der Waals surface area contributed by atoms with E-state index in [0.717, 1.165) is 0 Å². The molecule has 1 aliphatic rings. The molecule has 1 saturated carbocycles. The van der Waals surface area contributed by atoms with E-state index in [0.29, 0.717) is 6.42 Å². The van der Waals surface area contributed by atoms with Crippen LogP contribution in [0.1, 0.15) is 19.8 Å². The Balaban J connectivity index is 2.41. The minimum Gasteiger partial charge on any atom is -0.466 e. The van der Waals surface area contributed by atoms with E-state index in [1.807, 2.05) is 0 Å². The van der Waals surface area contributed by atoms with Crippen molar-refractivity contribution in [2.45, 2.75) is 36.9 Å². The highest BCUT2D eigenvalue weighted by atomic mass is 79.9. The minimum atomic E-state index is -4.34. The Morgan fingerprint density at radius 2 is 2.06 bits per heavy atom. The van der Waals surface area contributed by atoms with Crippen LogP contribution >= 0.6 is 15.9 Å². The molecule has 17 heavy (non-hydrogen) atoms. The Bertz CT molecular complexity index is 270. The van der Waals surface area contributed by atoms with Crippen LogP contribution in [0.25, 0.3) is 0 Å². The third kappa shape index (κ3) is 4.83. The van der Waals surface area contributed by atoms with Gasteiger partial charge in [-0.2, -0.15) is 13.2 Å². The Morgan fingerprint density at radius 1 is 1.41 bits per heavy atom. The molecule has 1 aliphatic carbocycles. The molecule has 1 fully saturated rings. The first-order valence-electron chi connectivity index (χ1n) is 5.32. The molecule has 0 saturated heterocycles. The quantitative estimate of drug-likeness (QED) is 0.590. The summed E-state index contributed by atoms with van der Waals surface area (Å²) in [4.78, 5) is 11.2. The van der Waals surface area contributed by atoms with Crippen molar-refractivity contribution in [3.05, 3.63) is 0 Å². The number of esters is 1. The number of rotatable bonds is 4. The third-order valence-corrected chi connectivity index (χ3v) is 3.47. The van der Waals surface area contributed by atoms with Gasteiger partial charge in [0.25, 0.3) is 0 Å². The SMILES string of the molecule is CCOC(=O)C1CC(Br)C(OCC(F)(F)F)C1. The van der Waals surface area contributed by atoms with Gasteiger partial charge in [-0.15, -0.1) is 0 Å². The summed E-state index contributed by atoms with van der Waals surface area (Å²) in [7, 11) is 0. The van der Waals surface area contributed by atoms with Gasteiger partial charge >= 0.3 is 12.1 Å². The van der Waals surface area contributed by atoms with E-state index in [9.17, 15) is 18.0 Å². The normalized spacial score (nSPS) is 29.4. The lowest BCUT2D eigenvalue weighted by Crippen LogP contribution is -2.26. The highest BCUT2D eigenvalue weighted by molar-refractivity contribution is 9.09. The van der Waals surface area contributed by atoms with Gasteiger partial charge in [0, 0.05) is 4.83 Å². The summed E-state index contributed by atoms with van der Waals surface area (Å²) in [5, 5.41) is 0. The number of hydrogen-bond donors (Lipinski definition) is 0. The zero-order valence-electron chi connectivity index (χ0n) is 9.30. The molecule has 3 atom stereocenters. The maximum atomic E-state index is 12.0. The number of carbonyl (C=O) groups is 1. The zero-order chi connectivity index (χ0) is 13.1. The maximum Gasteiger partial charge on any atom is 0.411 e. The largest absolute Gasteiger partial charge is 0.466 e. The van der Waals surface area contributed by atoms with Crippen molar-refractivity contribution < 1.29 is 27.4 Å². The van der Waals surface area contributed by atoms with Crippen LogP contribution in [-0.2, 0) is 14.3 Å². The van der Waals surface area contributed by atoms with Gasteiger partial charge in [-0.1, -0.05) is 15.9 Å². The first-order valence-corrected chi connectivity index (χ1v) is 6.24. The van der Waals surface area contributed by atoms with E-state index in [2.05, 4.69) is 15.9 Å². The number of carbonyl (C=O) groups excluding carboxylic acids is 1. The third-order valence-electron chi connectivity index (χ3n) is 2.51. The number of hydrogen-bond acceptors (Lipinski definition) is 3. The van der Waals surface area contributed by atoms with E-state index >= 15 is 0 Å². The Hall–Kier alpha value is -0.300. The van der Waals surface area contributed by atoms with Gasteiger partial charge in [0.05, 0.1) is 18.6 Å². The van der Waals surface area contributed by atoms with Gasteiger partial charge in [-0.3, -0.25) is 4.79 Å². The van der Waals surface area contributed by atoms with E-state index in [-0.39, 0.29) is 29.7 Å². The molecular weight excluding hydrogens is 305 g/mol. The van der Waals surface area contributed by atoms with Crippen molar-refractivity contribution in [1.82, 2.24) is 0 Å². The molecule has 3 unspecified atom stereocenters. The summed E-state index contributed by atoms with van der Waals surface area (Å²) < 4.78 is 45.5. The first-order chi connectivity index (χ1) is 7.83. The fourth-order valence-corrected chi connectivity index (χ4v) is 2.59. The molecule has 0 heterocycles. The summed E-state index contributed by atoms with van der Waals surface area (Å²) in [6.45, 7) is 0.682. The average molecular weight is 319 g/mol. The summed E-state index contributed by atoms with van der Waals surface area (Å²) in [6.07, 6.45) is -4.22. The number of alkyl halides is 4. The molecule has 0 radical (unpaired) electrons. The second kappa shape index (κ2) is 6.04. The fourth-order valence-electron chi connectivity index (χ4n) is 1.77. The van der Waals surface area contributed by atoms with Crippen LogP contribution in [0.15, 0.2) is 0 Å². The summed E-state index contributed by atoms with van der Waals surface area (Å²) in [5.41, 5.74) is 0. The van der Waals surface area contributed by atoms with Crippen molar-refractivity contribution in [3.63, 3.8) is 0 Å². The van der Waals surface area contributed by atoms with E-state index in [1.165, 1.54) is 0 Å². The van der Waals surface area contributed by atoms with Crippen molar-refractivity contribution in [1.29, 1.82) is 0 Å². The van der Waals surface area contributed by atoms with Crippen LogP contribution in [0.2, 0.25) is 0 Å². The minimum absolute atomic E-state index is 0.237. The topological polar surface area (TPSA) is 35.5 Å². The van der Waals surface area contributed by atoms with Crippen LogP contribution in [0, 0.1) is 5.92 Å². The number of halogens is 4. The van der Waals surface area contributed by atoms with Crippen LogP contribution in [-0.4, -0.2) is 36.3 Å². The molecule has 0 aromatic rings. The molecular formula is C10H14BrF3O3. The van der Waals surface area contributed by atoms with E-state index in [4.69, 9.17) is 9.47 Å². The monoisotopic (exact) mass is 318 g/mol. The Kier molecular flexibility index (Phi) is 5.24. The molecule has 0 amide bonds. The predicted octanol–water partition coefficient (Wildman–Crippen LogP) is 2.67. The van der Waals surface area contributed by atoms with Crippen molar-refractivity contribution in [3.8, 4) is 0 Å². The van der Waals surface area contributed by atoms with Crippen molar-refractivity contribution >= 4 is 21.9 Å².